The fourth-order valence-corrected chi connectivity index (χ4v) is 2.37. The molecular weight excluding hydrogens is 222 g/mol. The van der Waals surface area contributed by atoms with E-state index >= 15 is 0 Å². The van der Waals surface area contributed by atoms with E-state index in [9.17, 15) is 0 Å². The molecule has 1 unspecified atom stereocenters. The molecule has 3 nitrogen and oxygen atoms in total. The molecule has 0 fully saturated rings. The Balaban J connectivity index is 2.40. The third-order valence-corrected chi connectivity index (χ3v) is 3.25. The lowest BCUT2D eigenvalue weighted by molar-refractivity contribution is 0.665. The van der Waals surface area contributed by atoms with E-state index in [-0.39, 0.29) is 6.04 Å². The highest BCUT2D eigenvalue weighted by Crippen LogP contribution is 2.22. The molecule has 2 rings (SSSR count). The quantitative estimate of drug-likeness (QED) is 0.900. The lowest BCUT2D eigenvalue weighted by Gasteiger charge is -2.14. The maximum atomic E-state index is 6.36. The summed E-state index contributed by atoms with van der Waals surface area (Å²) in [5.41, 5.74) is 12.2. The number of hydrogen-bond acceptors (Lipinski definition) is 2. The Kier molecular flexibility index (Phi) is 3.53. The Hall–Kier alpha value is -1.61. The molecule has 0 radical (unpaired) electrons. The van der Waals surface area contributed by atoms with Gasteiger partial charge in [0.25, 0.3) is 0 Å². The van der Waals surface area contributed by atoms with Crippen LogP contribution in [0.15, 0.2) is 24.3 Å². The van der Waals surface area contributed by atoms with E-state index in [0.717, 1.165) is 23.4 Å². The van der Waals surface area contributed by atoms with Gasteiger partial charge in [0, 0.05) is 7.05 Å². The third-order valence-electron chi connectivity index (χ3n) is 3.25. The summed E-state index contributed by atoms with van der Waals surface area (Å²) < 4.78 is 1.89. The van der Waals surface area contributed by atoms with Crippen LogP contribution in [0, 0.1) is 13.8 Å². The second-order valence-corrected chi connectivity index (χ2v) is 4.94. The van der Waals surface area contributed by atoms with Crippen molar-refractivity contribution in [2.24, 2.45) is 12.8 Å². The van der Waals surface area contributed by atoms with Gasteiger partial charge in [-0.15, -0.1) is 0 Å². The van der Waals surface area contributed by atoms with Gasteiger partial charge in [0.1, 0.15) is 0 Å². The topological polar surface area (TPSA) is 43.8 Å². The maximum Gasteiger partial charge on any atom is 0.0723 e. The number of aryl methyl sites for hydroxylation is 4. The van der Waals surface area contributed by atoms with Crippen molar-refractivity contribution in [1.29, 1.82) is 0 Å². The fourth-order valence-electron chi connectivity index (χ4n) is 2.37. The average Bonchev–Trinajstić information content (AvgIpc) is 2.68. The summed E-state index contributed by atoms with van der Waals surface area (Å²) >= 11 is 0. The van der Waals surface area contributed by atoms with Gasteiger partial charge in [-0.1, -0.05) is 36.2 Å². The second-order valence-electron chi connectivity index (χ2n) is 4.94. The van der Waals surface area contributed by atoms with Gasteiger partial charge >= 0.3 is 0 Å². The van der Waals surface area contributed by atoms with E-state index in [1.807, 2.05) is 11.7 Å². The Morgan fingerprint density at radius 1 is 1.17 bits per heavy atom. The van der Waals surface area contributed by atoms with Gasteiger partial charge in [0.2, 0.25) is 0 Å². The molecule has 0 aliphatic rings. The largest absolute Gasteiger partial charge is 0.319 e. The molecule has 2 aromatic rings. The van der Waals surface area contributed by atoms with Crippen molar-refractivity contribution < 1.29 is 0 Å². The number of rotatable bonds is 3. The molecule has 0 saturated heterocycles. The first-order chi connectivity index (χ1) is 8.51. The first-order valence-corrected chi connectivity index (χ1v) is 6.38. The lowest BCUT2D eigenvalue weighted by Crippen LogP contribution is -2.16. The fraction of sp³-hybridized carbons (Fsp3) is 0.400. The van der Waals surface area contributed by atoms with Crippen molar-refractivity contribution in [1.82, 2.24) is 9.78 Å². The van der Waals surface area contributed by atoms with Crippen LogP contribution < -0.4 is 5.73 Å². The second kappa shape index (κ2) is 4.94. The van der Waals surface area contributed by atoms with Crippen molar-refractivity contribution in [2.75, 3.05) is 0 Å². The zero-order chi connectivity index (χ0) is 13.3. The molecule has 3 heteroatoms. The molecule has 18 heavy (non-hydrogen) atoms. The molecule has 0 spiro atoms. The molecule has 0 aliphatic heterocycles. The van der Waals surface area contributed by atoms with Gasteiger partial charge in [0.15, 0.2) is 0 Å². The monoisotopic (exact) mass is 243 g/mol. The summed E-state index contributed by atoms with van der Waals surface area (Å²) in [4.78, 5) is 0. The number of aromatic nitrogens is 2. The van der Waals surface area contributed by atoms with Crippen molar-refractivity contribution in [3.05, 3.63) is 52.3 Å². The van der Waals surface area contributed by atoms with Gasteiger partial charge in [-0.05, 0) is 31.9 Å². The van der Waals surface area contributed by atoms with Crippen molar-refractivity contribution in [2.45, 2.75) is 33.2 Å². The molecule has 0 aliphatic carbocycles. The minimum Gasteiger partial charge on any atom is -0.319 e. The number of nitrogens with zero attached hydrogens (tertiary/aromatic N) is 2. The van der Waals surface area contributed by atoms with Crippen LogP contribution >= 0.6 is 0 Å². The number of benzene rings is 1. The first kappa shape index (κ1) is 12.8. The van der Waals surface area contributed by atoms with Crippen LogP contribution in [0.4, 0.5) is 0 Å². The summed E-state index contributed by atoms with van der Waals surface area (Å²) in [7, 11) is 1.96. The summed E-state index contributed by atoms with van der Waals surface area (Å²) in [5, 5.41) is 4.46. The van der Waals surface area contributed by atoms with Gasteiger partial charge in [-0.2, -0.15) is 5.10 Å². The average molecular weight is 243 g/mol. The molecule has 1 aromatic carbocycles. The van der Waals surface area contributed by atoms with E-state index in [2.05, 4.69) is 50.1 Å². The zero-order valence-corrected chi connectivity index (χ0v) is 11.6. The minimum absolute atomic E-state index is 0.110. The summed E-state index contributed by atoms with van der Waals surface area (Å²) in [6, 6.07) is 8.45. The number of nitrogens with two attached hydrogens (primary N) is 1. The molecule has 1 heterocycles. The predicted octanol–water partition coefficient (Wildman–Crippen LogP) is 2.65. The summed E-state index contributed by atoms with van der Waals surface area (Å²) in [6.45, 7) is 6.31. The van der Waals surface area contributed by atoms with Gasteiger partial charge < -0.3 is 5.73 Å². The Morgan fingerprint density at radius 2 is 1.78 bits per heavy atom. The van der Waals surface area contributed by atoms with Crippen LogP contribution in [-0.4, -0.2) is 9.78 Å². The Bertz CT molecular complexity index is 535. The zero-order valence-electron chi connectivity index (χ0n) is 11.6. The highest BCUT2D eigenvalue weighted by molar-refractivity contribution is 5.35. The van der Waals surface area contributed by atoms with Crippen molar-refractivity contribution in [3.63, 3.8) is 0 Å². The minimum atomic E-state index is -0.110. The highest BCUT2D eigenvalue weighted by Gasteiger charge is 2.14. The van der Waals surface area contributed by atoms with Gasteiger partial charge in [-0.25, -0.2) is 0 Å². The van der Waals surface area contributed by atoms with Crippen LogP contribution in [0.2, 0.25) is 0 Å². The normalized spacial score (nSPS) is 12.7. The smallest absolute Gasteiger partial charge is 0.0723 e. The third kappa shape index (κ3) is 2.46. The van der Waals surface area contributed by atoms with E-state index in [4.69, 9.17) is 5.73 Å². The van der Waals surface area contributed by atoms with Crippen LogP contribution in [-0.2, 0) is 13.5 Å². The molecule has 1 atom stereocenters. The predicted molar refractivity (Wildman–Crippen MR) is 74.5 cm³/mol. The van der Waals surface area contributed by atoms with Crippen LogP contribution in [0.3, 0.4) is 0 Å². The summed E-state index contributed by atoms with van der Waals surface area (Å²) in [5.74, 6) is 0. The van der Waals surface area contributed by atoms with E-state index in [1.165, 1.54) is 11.1 Å². The van der Waals surface area contributed by atoms with Crippen molar-refractivity contribution in [3.8, 4) is 0 Å². The maximum absolute atomic E-state index is 6.36. The SMILES string of the molecule is CCc1cc(C(N)c2cc(C)cc(C)c2)n(C)n1. The van der Waals surface area contributed by atoms with Gasteiger partial charge in [-0.3, -0.25) is 4.68 Å². The summed E-state index contributed by atoms with van der Waals surface area (Å²) in [6.07, 6.45) is 0.938. The van der Waals surface area contributed by atoms with Crippen LogP contribution in [0.1, 0.15) is 41.0 Å². The molecular formula is C15H21N3. The van der Waals surface area contributed by atoms with E-state index in [1.54, 1.807) is 0 Å². The van der Waals surface area contributed by atoms with Crippen LogP contribution in [0.5, 0.6) is 0 Å². The first-order valence-electron chi connectivity index (χ1n) is 6.38. The van der Waals surface area contributed by atoms with Gasteiger partial charge in [0.05, 0.1) is 17.4 Å². The number of hydrogen-bond donors (Lipinski definition) is 1. The Labute approximate surface area is 109 Å². The van der Waals surface area contributed by atoms with Crippen LogP contribution in [0.25, 0.3) is 0 Å². The van der Waals surface area contributed by atoms with Crippen molar-refractivity contribution >= 4 is 0 Å². The highest BCUT2D eigenvalue weighted by atomic mass is 15.3. The standard InChI is InChI=1S/C15H21N3/c1-5-13-9-14(18(4)17-13)15(16)12-7-10(2)6-11(3)8-12/h6-9,15H,5,16H2,1-4H3. The van der Waals surface area contributed by atoms with E-state index < -0.39 is 0 Å². The molecule has 0 amide bonds. The molecule has 2 N–H and O–H groups in total. The molecule has 96 valence electrons. The molecule has 0 saturated carbocycles. The molecule has 0 bridgehead atoms. The Morgan fingerprint density at radius 3 is 2.28 bits per heavy atom. The molecule has 1 aromatic heterocycles. The van der Waals surface area contributed by atoms with E-state index in [0.29, 0.717) is 0 Å². The lowest BCUT2D eigenvalue weighted by atomic mass is 9.99.